The summed E-state index contributed by atoms with van der Waals surface area (Å²) in [5.41, 5.74) is 0. The average Bonchev–Trinajstić information content (AvgIpc) is 2.45. The molecular formula is C21H40O4. The van der Waals surface area contributed by atoms with Crippen LogP contribution in [-0.2, 0) is 9.47 Å². The van der Waals surface area contributed by atoms with Crippen molar-refractivity contribution in [2.45, 2.75) is 98.4 Å². The second kappa shape index (κ2) is 8.69. The smallest absolute Gasteiger partial charge is 0.319 e. The Hall–Kier alpha value is -0.160. The Kier molecular flexibility index (Phi) is 7.35. The fourth-order valence-electron chi connectivity index (χ4n) is 4.92. The van der Waals surface area contributed by atoms with Crippen LogP contribution < -0.4 is 0 Å². The van der Waals surface area contributed by atoms with Crippen LogP contribution in [0.2, 0.25) is 0 Å². The van der Waals surface area contributed by atoms with Crippen LogP contribution in [-0.4, -0.2) is 28.6 Å². The number of rotatable bonds is 6. The molecule has 2 saturated carbocycles. The van der Waals surface area contributed by atoms with Crippen LogP contribution in [0.15, 0.2) is 0 Å². The van der Waals surface area contributed by atoms with Gasteiger partial charge in [-0.2, -0.15) is 0 Å². The van der Waals surface area contributed by atoms with Crippen molar-refractivity contribution in [2.75, 3.05) is 0 Å². The highest BCUT2D eigenvalue weighted by Crippen LogP contribution is 2.39. The van der Waals surface area contributed by atoms with Gasteiger partial charge >= 0.3 is 6.16 Å². The van der Waals surface area contributed by atoms with E-state index in [0.29, 0.717) is 35.5 Å². The molecule has 148 valence electrons. The van der Waals surface area contributed by atoms with Gasteiger partial charge in [0.2, 0.25) is 0 Å². The summed E-state index contributed by atoms with van der Waals surface area (Å²) in [5.74, 6) is 2.73. The molecule has 2 aliphatic rings. The van der Waals surface area contributed by atoms with Gasteiger partial charge in [-0.15, -0.1) is 0 Å². The minimum atomic E-state index is -2.48. The highest BCUT2D eigenvalue weighted by Gasteiger charge is 2.42. The summed E-state index contributed by atoms with van der Waals surface area (Å²) in [6.45, 7) is 13.2. The third-order valence-electron chi connectivity index (χ3n) is 6.53. The Morgan fingerprint density at radius 1 is 0.720 bits per heavy atom. The standard InChI is InChI=1S/C21H40O4/c1-13(2)17-9-7-15(5)11-19(17)24-21(22,23)25-20-12-16(6)8-10-18(20)14(3)4/h13-20,22-23H,7-12H2,1-6H3. The first-order valence-corrected chi connectivity index (χ1v) is 10.4. The van der Waals surface area contributed by atoms with E-state index in [1.165, 1.54) is 12.8 Å². The van der Waals surface area contributed by atoms with E-state index in [1.807, 2.05) is 0 Å². The van der Waals surface area contributed by atoms with E-state index in [9.17, 15) is 10.2 Å². The number of hydrogen-bond donors (Lipinski definition) is 2. The predicted molar refractivity (Wildman–Crippen MR) is 99.6 cm³/mol. The summed E-state index contributed by atoms with van der Waals surface area (Å²) >= 11 is 0. The summed E-state index contributed by atoms with van der Waals surface area (Å²) in [5, 5.41) is 21.0. The van der Waals surface area contributed by atoms with E-state index < -0.39 is 6.16 Å². The molecule has 25 heavy (non-hydrogen) atoms. The topological polar surface area (TPSA) is 58.9 Å². The van der Waals surface area contributed by atoms with E-state index in [1.54, 1.807) is 0 Å². The molecule has 0 spiro atoms. The van der Waals surface area contributed by atoms with Crippen molar-refractivity contribution in [3.8, 4) is 0 Å². The Morgan fingerprint density at radius 2 is 1.08 bits per heavy atom. The molecule has 0 amide bonds. The Morgan fingerprint density at radius 3 is 1.40 bits per heavy atom. The van der Waals surface area contributed by atoms with Gasteiger partial charge < -0.3 is 10.2 Å². The van der Waals surface area contributed by atoms with Crippen molar-refractivity contribution in [1.82, 2.24) is 0 Å². The summed E-state index contributed by atoms with van der Waals surface area (Å²) in [7, 11) is 0. The lowest BCUT2D eigenvalue weighted by atomic mass is 9.75. The first kappa shape index (κ1) is 21.1. The van der Waals surface area contributed by atoms with Crippen LogP contribution in [0, 0.1) is 35.5 Å². The molecule has 0 aromatic heterocycles. The van der Waals surface area contributed by atoms with Crippen LogP contribution in [0.1, 0.15) is 80.1 Å². The second-order valence-corrected chi connectivity index (χ2v) is 9.51. The zero-order valence-electron chi connectivity index (χ0n) is 17.1. The molecule has 0 aromatic rings. The van der Waals surface area contributed by atoms with Crippen molar-refractivity contribution in [1.29, 1.82) is 0 Å². The summed E-state index contributed by atoms with van der Waals surface area (Å²) < 4.78 is 11.6. The van der Waals surface area contributed by atoms with Gasteiger partial charge in [0.05, 0.1) is 12.2 Å². The van der Waals surface area contributed by atoms with E-state index in [2.05, 4.69) is 41.5 Å². The highest BCUT2D eigenvalue weighted by molar-refractivity contribution is 4.83. The molecule has 0 heterocycles. The summed E-state index contributed by atoms with van der Waals surface area (Å²) in [6, 6.07) is 0. The highest BCUT2D eigenvalue weighted by atomic mass is 16.9. The third-order valence-corrected chi connectivity index (χ3v) is 6.53. The minimum Gasteiger partial charge on any atom is -0.319 e. The molecule has 2 aliphatic carbocycles. The molecule has 2 N–H and O–H groups in total. The molecule has 4 nitrogen and oxygen atoms in total. The van der Waals surface area contributed by atoms with Gasteiger partial charge in [-0.1, -0.05) is 54.4 Å². The van der Waals surface area contributed by atoms with Gasteiger partial charge in [-0.05, 0) is 61.2 Å². The van der Waals surface area contributed by atoms with Gasteiger partial charge in [0.1, 0.15) is 0 Å². The van der Waals surface area contributed by atoms with Gasteiger partial charge in [0, 0.05) is 0 Å². The SMILES string of the molecule is CC1CCC(C(C)C)C(OC(O)(O)OC2CC(C)CCC2C(C)C)C1. The van der Waals surface area contributed by atoms with E-state index in [4.69, 9.17) is 9.47 Å². The largest absolute Gasteiger partial charge is 0.408 e. The van der Waals surface area contributed by atoms with Crippen LogP contribution >= 0.6 is 0 Å². The molecule has 6 atom stereocenters. The molecule has 2 fully saturated rings. The van der Waals surface area contributed by atoms with E-state index >= 15 is 0 Å². The fraction of sp³-hybridized carbons (Fsp3) is 1.00. The van der Waals surface area contributed by atoms with Crippen molar-refractivity contribution in [2.24, 2.45) is 35.5 Å². The zero-order chi connectivity index (χ0) is 18.8. The third kappa shape index (κ3) is 5.92. The van der Waals surface area contributed by atoms with Crippen LogP contribution in [0.4, 0.5) is 0 Å². The van der Waals surface area contributed by atoms with Crippen LogP contribution in [0.25, 0.3) is 0 Å². The lowest BCUT2D eigenvalue weighted by Crippen LogP contribution is -2.49. The Labute approximate surface area is 154 Å². The second-order valence-electron chi connectivity index (χ2n) is 9.51. The quantitative estimate of drug-likeness (QED) is 0.686. The van der Waals surface area contributed by atoms with Crippen LogP contribution in [0.3, 0.4) is 0 Å². The van der Waals surface area contributed by atoms with Gasteiger partial charge in [0.25, 0.3) is 0 Å². The lowest BCUT2D eigenvalue weighted by molar-refractivity contribution is -0.500. The summed E-state index contributed by atoms with van der Waals surface area (Å²) in [4.78, 5) is 0. The Bertz CT molecular complexity index is 371. The number of hydrogen-bond acceptors (Lipinski definition) is 4. The molecule has 0 bridgehead atoms. The molecule has 0 radical (unpaired) electrons. The first-order chi connectivity index (χ1) is 11.6. The molecule has 0 aromatic carbocycles. The van der Waals surface area contributed by atoms with E-state index in [0.717, 1.165) is 25.7 Å². The molecule has 2 rings (SSSR count). The van der Waals surface area contributed by atoms with Crippen molar-refractivity contribution in [3.05, 3.63) is 0 Å². The minimum absolute atomic E-state index is 0.155. The maximum Gasteiger partial charge on any atom is 0.408 e. The molecule has 0 saturated heterocycles. The zero-order valence-corrected chi connectivity index (χ0v) is 17.1. The molecular weight excluding hydrogens is 316 g/mol. The number of aliphatic hydroxyl groups is 2. The van der Waals surface area contributed by atoms with Gasteiger partial charge in [0.15, 0.2) is 0 Å². The van der Waals surface area contributed by atoms with Crippen molar-refractivity contribution < 1.29 is 19.7 Å². The van der Waals surface area contributed by atoms with Crippen molar-refractivity contribution >= 4 is 0 Å². The Balaban J connectivity index is 2.03. The molecule has 4 heteroatoms. The summed E-state index contributed by atoms with van der Waals surface area (Å²) in [6.07, 6.45) is 3.46. The monoisotopic (exact) mass is 356 g/mol. The average molecular weight is 357 g/mol. The molecule has 0 aliphatic heterocycles. The lowest BCUT2D eigenvalue weighted by Gasteiger charge is -2.43. The molecule has 6 unspecified atom stereocenters. The fourth-order valence-corrected chi connectivity index (χ4v) is 4.92. The maximum absolute atomic E-state index is 10.5. The first-order valence-electron chi connectivity index (χ1n) is 10.4. The normalized spacial score (nSPS) is 37.7. The van der Waals surface area contributed by atoms with Crippen LogP contribution in [0.5, 0.6) is 0 Å². The maximum atomic E-state index is 10.5. The van der Waals surface area contributed by atoms with E-state index in [-0.39, 0.29) is 12.2 Å². The number of ether oxygens (including phenoxy) is 2. The van der Waals surface area contributed by atoms with Crippen molar-refractivity contribution in [3.63, 3.8) is 0 Å². The van der Waals surface area contributed by atoms with Gasteiger partial charge in [-0.3, -0.25) is 9.47 Å². The predicted octanol–water partition coefficient (Wildman–Crippen LogP) is 4.54. The van der Waals surface area contributed by atoms with Gasteiger partial charge in [-0.25, -0.2) is 0 Å².